The quantitative estimate of drug-likeness (QED) is 0.829. The van der Waals surface area contributed by atoms with Crippen molar-refractivity contribution in [1.29, 1.82) is 0 Å². The third kappa shape index (κ3) is 3.46. The molecular weight excluding hydrogens is 336 g/mol. The summed E-state index contributed by atoms with van der Waals surface area (Å²) in [5, 5.41) is 2.79. The lowest BCUT2D eigenvalue weighted by molar-refractivity contribution is 0.102. The van der Waals surface area contributed by atoms with E-state index in [2.05, 4.69) is 21.2 Å². The van der Waals surface area contributed by atoms with Crippen LogP contribution < -0.4 is 20.5 Å². The fourth-order valence-electron chi connectivity index (χ4n) is 1.82. The number of amides is 1. The molecule has 0 saturated heterocycles. The van der Waals surface area contributed by atoms with Gasteiger partial charge in [-0.05, 0) is 52.3 Å². The molecule has 5 nitrogen and oxygen atoms in total. The number of nitrogens with two attached hydrogens (primary N) is 1. The number of methoxy groups -OCH3 is 2. The van der Waals surface area contributed by atoms with E-state index in [1.807, 2.05) is 0 Å². The van der Waals surface area contributed by atoms with Crippen molar-refractivity contribution >= 4 is 33.2 Å². The highest BCUT2D eigenvalue weighted by molar-refractivity contribution is 9.10. The molecule has 0 saturated carbocycles. The van der Waals surface area contributed by atoms with Crippen LogP contribution in [0.25, 0.3) is 0 Å². The van der Waals surface area contributed by atoms with E-state index in [9.17, 15) is 4.79 Å². The van der Waals surface area contributed by atoms with Gasteiger partial charge in [0, 0.05) is 11.3 Å². The second-order valence-electron chi connectivity index (χ2n) is 4.26. The van der Waals surface area contributed by atoms with E-state index >= 15 is 0 Å². The first kappa shape index (κ1) is 15.2. The van der Waals surface area contributed by atoms with E-state index in [1.54, 1.807) is 43.5 Å². The van der Waals surface area contributed by atoms with Gasteiger partial charge in [-0.3, -0.25) is 4.79 Å². The lowest BCUT2D eigenvalue weighted by Crippen LogP contribution is -2.12. The molecule has 0 spiro atoms. The molecule has 21 heavy (non-hydrogen) atoms. The molecule has 0 heterocycles. The summed E-state index contributed by atoms with van der Waals surface area (Å²) in [6.07, 6.45) is 0. The van der Waals surface area contributed by atoms with Crippen molar-refractivity contribution in [2.45, 2.75) is 0 Å². The fourth-order valence-corrected chi connectivity index (χ4v) is 2.36. The topological polar surface area (TPSA) is 73.6 Å². The summed E-state index contributed by atoms with van der Waals surface area (Å²) in [7, 11) is 3.11. The Labute approximate surface area is 131 Å². The first-order valence-corrected chi connectivity index (χ1v) is 6.93. The highest BCUT2D eigenvalue weighted by Gasteiger charge is 2.10. The van der Waals surface area contributed by atoms with E-state index in [0.29, 0.717) is 28.4 Å². The zero-order chi connectivity index (χ0) is 15.4. The number of hydrogen-bond acceptors (Lipinski definition) is 4. The van der Waals surface area contributed by atoms with E-state index in [4.69, 9.17) is 15.2 Å². The zero-order valence-corrected chi connectivity index (χ0v) is 13.2. The number of rotatable bonds is 4. The minimum Gasteiger partial charge on any atom is -0.496 e. The molecule has 3 N–H and O–H groups in total. The minimum absolute atomic E-state index is 0.249. The van der Waals surface area contributed by atoms with E-state index in [0.717, 1.165) is 4.47 Å². The highest BCUT2D eigenvalue weighted by Crippen LogP contribution is 2.28. The zero-order valence-electron chi connectivity index (χ0n) is 11.6. The van der Waals surface area contributed by atoms with Gasteiger partial charge in [0.15, 0.2) is 0 Å². The predicted molar refractivity (Wildman–Crippen MR) is 86.1 cm³/mol. The molecule has 0 atom stereocenters. The minimum atomic E-state index is -0.249. The molecule has 0 aliphatic carbocycles. The number of nitrogen functional groups attached to an aromatic ring is 1. The molecule has 0 aliphatic heterocycles. The van der Waals surface area contributed by atoms with Crippen LogP contribution in [-0.4, -0.2) is 20.1 Å². The molecule has 0 bridgehead atoms. The lowest BCUT2D eigenvalue weighted by atomic mass is 10.1. The normalized spacial score (nSPS) is 10.0. The van der Waals surface area contributed by atoms with Crippen LogP contribution in [0.3, 0.4) is 0 Å². The first-order chi connectivity index (χ1) is 10.0. The van der Waals surface area contributed by atoms with Crippen LogP contribution in [0.15, 0.2) is 40.9 Å². The Bertz CT molecular complexity index is 674. The largest absolute Gasteiger partial charge is 0.496 e. The van der Waals surface area contributed by atoms with Gasteiger partial charge < -0.3 is 20.5 Å². The van der Waals surface area contributed by atoms with Gasteiger partial charge in [0.25, 0.3) is 5.91 Å². The summed E-state index contributed by atoms with van der Waals surface area (Å²) in [4.78, 5) is 12.2. The summed E-state index contributed by atoms with van der Waals surface area (Å²) >= 11 is 3.37. The molecule has 110 valence electrons. The third-order valence-corrected chi connectivity index (χ3v) is 3.52. The number of halogens is 1. The van der Waals surface area contributed by atoms with Crippen molar-refractivity contribution in [2.75, 3.05) is 25.3 Å². The van der Waals surface area contributed by atoms with Gasteiger partial charge in [0.1, 0.15) is 11.5 Å². The number of hydrogen-bond donors (Lipinski definition) is 2. The van der Waals surface area contributed by atoms with Gasteiger partial charge in [0.05, 0.1) is 24.4 Å². The van der Waals surface area contributed by atoms with Crippen molar-refractivity contribution in [2.24, 2.45) is 0 Å². The van der Waals surface area contributed by atoms with Gasteiger partial charge in [0.2, 0.25) is 0 Å². The second kappa shape index (κ2) is 6.49. The Kier molecular flexibility index (Phi) is 4.70. The average molecular weight is 351 g/mol. The molecule has 2 aromatic carbocycles. The number of benzene rings is 2. The van der Waals surface area contributed by atoms with Gasteiger partial charge in [-0.15, -0.1) is 0 Å². The summed E-state index contributed by atoms with van der Waals surface area (Å²) < 4.78 is 11.0. The van der Waals surface area contributed by atoms with Crippen molar-refractivity contribution in [3.8, 4) is 11.5 Å². The second-order valence-corrected chi connectivity index (χ2v) is 5.11. The Morgan fingerprint density at radius 2 is 1.76 bits per heavy atom. The predicted octanol–water partition coefficient (Wildman–Crippen LogP) is 3.30. The maximum Gasteiger partial charge on any atom is 0.255 e. The third-order valence-electron chi connectivity index (χ3n) is 2.90. The number of anilines is 2. The Morgan fingerprint density at radius 1 is 1.10 bits per heavy atom. The van der Waals surface area contributed by atoms with E-state index < -0.39 is 0 Å². The Hall–Kier alpha value is -2.21. The maximum atomic E-state index is 12.2. The van der Waals surface area contributed by atoms with Crippen molar-refractivity contribution in [3.63, 3.8) is 0 Å². The fraction of sp³-hybridized carbons (Fsp3) is 0.133. The van der Waals surface area contributed by atoms with Gasteiger partial charge in [-0.1, -0.05) is 0 Å². The summed E-state index contributed by atoms with van der Waals surface area (Å²) in [6.45, 7) is 0. The monoisotopic (exact) mass is 350 g/mol. The average Bonchev–Trinajstić information content (AvgIpc) is 2.47. The molecule has 2 aromatic rings. The maximum absolute atomic E-state index is 12.2. The molecule has 0 fully saturated rings. The molecule has 0 aliphatic rings. The van der Waals surface area contributed by atoms with Gasteiger partial charge in [-0.2, -0.15) is 0 Å². The first-order valence-electron chi connectivity index (χ1n) is 6.13. The van der Waals surface area contributed by atoms with Crippen LogP contribution in [0.4, 0.5) is 11.4 Å². The van der Waals surface area contributed by atoms with E-state index in [1.165, 1.54) is 7.11 Å². The number of carbonyl (C=O) groups is 1. The molecule has 1 amide bonds. The number of carbonyl (C=O) groups excluding carboxylic acids is 1. The van der Waals surface area contributed by atoms with E-state index in [-0.39, 0.29) is 5.91 Å². The number of nitrogens with one attached hydrogen (secondary N) is 1. The van der Waals surface area contributed by atoms with Crippen LogP contribution in [-0.2, 0) is 0 Å². The molecule has 0 aromatic heterocycles. The van der Waals surface area contributed by atoms with Crippen molar-refractivity contribution in [3.05, 3.63) is 46.4 Å². The van der Waals surface area contributed by atoms with Gasteiger partial charge >= 0.3 is 0 Å². The van der Waals surface area contributed by atoms with Crippen molar-refractivity contribution < 1.29 is 14.3 Å². The highest BCUT2D eigenvalue weighted by atomic mass is 79.9. The molecular formula is C15H15BrN2O3. The van der Waals surface area contributed by atoms with Gasteiger partial charge in [-0.25, -0.2) is 0 Å². The SMILES string of the molecule is COc1ccc(C(=O)Nc2ccc(OC)c(Br)c2)cc1N. The van der Waals surface area contributed by atoms with Crippen LogP contribution in [0, 0.1) is 0 Å². The molecule has 0 radical (unpaired) electrons. The van der Waals surface area contributed by atoms with Crippen LogP contribution in [0.5, 0.6) is 11.5 Å². The smallest absolute Gasteiger partial charge is 0.255 e. The summed E-state index contributed by atoms with van der Waals surface area (Å²) in [6, 6.07) is 10.2. The summed E-state index contributed by atoms with van der Waals surface area (Å²) in [5.41, 5.74) is 7.33. The number of ether oxygens (including phenoxy) is 2. The molecule has 6 heteroatoms. The lowest BCUT2D eigenvalue weighted by Gasteiger charge is -2.10. The van der Waals surface area contributed by atoms with Crippen LogP contribution >= 0.6 is 15.9 Å². The standard InChI is InChI=1S/C15H15BrN2O3/c1-20-13-6-4-10(8-11(13)16)18-15(19)9-3-5-14(21-2)12(17)7-9/h3-8H,17H2,1-2H3,(H,18,19). The molecule has 0 unspecified atom stereocenters. The summed E-state index contributed by atoms with van der Waals surface area (Å²) in [5.74, 6) is 0.988. The Balaban J connectivity index is 2.18. The van der Waals surface area contributed by atoms with Crippen LogP contribution in [0.1, 0.15) is 10.4 Å². The van der Waals surface area contributed by atoms with Crippen molar-refractivity contribution in [1.82, 2.24) is 0 Å². The van der Waals surface area contributed by atoms with Crippen LogP contribution in [0.2, 0.25) is 0 Å². The Morgan fingerprint density at radius 3 is 2.33 bits per heavy atom. The molecule has 2 rings (SSSR count).